The highest BCUT2D eigenvalue weighted by molar-refractivity contribution is 5.68. The molecule has 29 heavy (non-hydrogen) atoms. The molecule has 0 amide bonds. The molecule has 2 heteroatoms. The van der Waals surface area contributed by atoms with Crippen LogP contribution in [0.4, 0.5) is 0 Å². The van der Waals surface area contributed by atoms with E-state index in [-0.39, 0.29) is 0 Å². The van der Waals surface area contributed by atoms with Crippen LogP contribution in [-0.2, 0) is 6.54 Å². The number of rotatable bonds is 7. The van der Waals surface area contributed by atoms with Gasteiger partial charge in [0.15, 0.2) is 0 Å². The van der Waals surface area contributed by atoms with Crippen molar-refractivity contribution in [2.45, 2.75) is 44.2 Å². The Morgan fingerprint density at radius 3 is 2.24 bits per heavy atom. The Bertz CT molecular complexity index is 897. The summed E-state index contributed by atoms with van der Waals surface area (Å²) in [6, 6.07) is 27.8. The number of likely N-dealkylation sites (N-methyl/N-ethyl adjacent to an activating group) is 1. The van der Waals surface area contributed by atoms with Gasteiger partial charge in [0, 0.05) is 13.1 Å². The molecule has 1 N–H and O–H groups in total. The molecule has 1 atom stereocenters. The van der Waals surface area contributed by atoms with E-state index in [0.29, 0.717) is 6.54 Å². The standard InChI is InChI=1S/C27H31NO/c1-28(20-27(29)24-11-3-2-4-12-24)19-21-15-17-23(18-16-21)26-14-8-7-13-25(26)22-9-5-6-10-22/h2-4,7-8,11-18,22,27,29H,5-6,9-10,19-20H2,1H3. The summed E-state index contributed by atoms with van der Waals surface area (Å²) >= 11 is 0. The van der Waals surface area contributed by atoms with Crippen LogP contribution in [0.2, 0.25) is 0 Å². The average molecular weight is 386 g/mol. The van der Waals surface area contributed by atoms with Crippen LogP contribution in [0.25, 0.3) is 11.1 Å². The predicted octanol–water partition coefficient (Wildman–Crippen LogP) is 6.18. The SMILES string of the molecule is CN(Cc1ccc(-c2ccccc2C2CCCC2)cc1)CC(O)c1ccccc1. The third kappa shape index (κ3) is 4.95. The van der Waals surface area contributed by atoms with Gasteiger partial charge in [-0.2, -0.15) is 0 Å². The first-order chi connectivity index (χ1) is 14.2. The summed E-state index contributed by atoms with van der Waals surface area (Å²) in [6.45, 7) is 1.45. The van der Waals surface area contributed by atoms with Crippen molar-refractivity contribution in [2.24, 2.45) is 0 Å². The van der Waals surface area contributed by atoms with Gasteiger partial charge >= 0.3 is 0 Å². The van der Waals surface area contributed by atoms with Crippen molar-refractivity contribution in [3.63, 3.8) is 0 Å². The fraction of sp³-hybridized carbons (Fsp3) is 0.333. The molecule has 1 unspecified atom stereocenters. The fourth-order valence-corrected chi connectivity index (χ4v) is 4.59. The summed E-state index contributed by atoms with van der Waals surface area (Å²) in [6.07, 6.45) is 4.91. The lowest BCUT2D eigenvalue weighted by Crippen LogP contribution is -2.24. The van der Waals surface area contributed by atoms with Crippen molar-refractivity contribution >= 4 is 0 Å². The van der Waals surface area contributed by atoms with Crippen molar-refractivity contribution in [1.82, 2.24) is 4.90 Å². The number of aliphatic hydroxyl groups is 1. The van der Waals surface area contributed by atoms with Gasteiger partial charge in [0.2, 0.25) is 0 Å². The maximum Gasteiger partial charge on any atom is 0.0916 e. The zero-order chi connectivity index (χ0) is 20.1. The van der Waals surface area contributed by atoms with Crippen LogP contribution in [0.1, 0.15) is 54.4 Å². The Kier molecular flexibility index (Phi) is 6.43. The van der Waals surface area contributed by atoms with Gasteiger partial charge in [0.1, 0.15) is 0 Å². The first-order valence-electron chi connectivity index (χ1n) is 10.8. The number of nitrogens with zero attached hydrogens (tertiary/aromatic N) is 1. The minimum Gasteiger partial charge on any atom is -0.387 e. The molecule has 0 saturated heterocycles. The monoisotopic (exact) mass is 385 g/mol. The van der Waals surface area contributed by atoms with Crippen LogP contribution in [0.5, 0.6) is 0 Å². The Hall–Kier alpha value is -2.42. The van der Waals surface area contributed by atoms with E-state index in [2.05, 4.69) is 60.5 Å². The predicted molar refractivity (Wildman–Crippen MR) is 121 cm³/mol. The zero-order valence-electron chi connectivity index (χ0n) is 17.3. The maximum absolute atomic E-state index is 10.5. The third-order valence-corrected chi connectivity index (χ3v) is 6.14. The van der Waals surface area contributed by atoms with Crippen LogP contribution in [0, 0.1) is 0 Å². The second-order valence-corrected chi connectivity index (χ2v) is 8.39. The molecule has 1 fully saturated rings. The minimum atomic E-state index is -0.459. The Labute approximate surface area is 174 Å². The van der Waals surface area contributed by atoms with Gasteiger partial charge < -0.3 is 5.11 Å². The summed E-state index contributed by atoms with van der Waals surface area (Å²) in [7, 11) is 2.06. The molecule has 0 radical (unpaired) electrons. The van der Waals surface area contributed by atoms with Gasteiger partial charge in [0.25, 0.3) is 0 Å². The van der Waals surface area contributed by atoms with E-state index >= 15 is 0 Å². The highest BCUT2D eigenvalue weighted by Gasteiger charge is 2.20. The van der Waals surface area contributed by atoms with Crippen molar-refractivity contribution in [3.05, 3.63) is 95.6 Å². The van der Waals surface area contributed by atoms with E-state index in [1.54, 1.807) is 0 Å². The van der Waals surface area contributed by atoms with Crippen molar-refractivity contribution in [1.29, 1.82) is 0 Å². The first kappa shape index (κ1) is 19.9. The lowest BCUT2D eigenvalue weighted by atomic mass is 9.89. The molecule has 2 nitrogen and oxygen atoms in total. The van der Waals surface area contributed by atoms with Crippen LogP contribution in [0.15, 0.2) is 78.9 Å². The maximum atomic E-state index is 10.5. The number of hydrogen-bond donors (Lipinski definition) is 1. The molecule has 3 aromatic carbocycles. The van der Waals surface area contributed by atoms with Gasteiger partial charge in [-0.25, -0.2) is 0 Å². The molecule has 0 aliphatic heterocycles. The van der Waals surface area contributed by atoms with E-state index in [0.717, 1.165) is 18.0 Å². The van der Waals surface area contributed by atoms with Crippen molar-refractivity contribution in [2.75, 3.05) is 13.6 Å². The van der Waals surface area contributed by atoms with Crippen LogP contribution in [-0.4, -0.2) is 23.6 Å². The second-order valence-electron chi connectivity index (χ2n) is 8.39. The van der Waals surface area contributed by atoms with E-state index in [1.807, 2.05) is 30.3 Å². The molecule has 1 saturated carbocycles. The van der Waals surface area contributed by atoms with E-state index in [9.17, 15) is 5.11 Å². The molecular formula is C27H31NO. The van der Waals surface area contributed by atoms with Gasteiger partial charge in [-0.15, -0.1) is 0 Å². The first-order valence-corrected chi connectivity index (χ1v) is 10.8. The van der Waals surface area contributed by atoms with Crippen LogP contribution in [0.3, 0.4) is 0 Å². The summed E-state index contributed by atoms with van der Waals surface area (Å²) in [5, 5.41) is 10.5. The van der Waals surface area contributed by atoms with Crippen LogP contribution >= 0.6 is 0 Å². The molecule has 0 aromatic heterocycles. The molecule has 3 aromatic rings. The highest BCUT2D eigenvalue weighted by Crippen LogP contribution is 2.39. The molecule has 0 spiro atoms. The van der Waals surface area contributed by atoms with Gasteiger partial charge in [-0.3, -0.25) is 4.90 Å². The van der Waals surface area contributed by atoms with E-state index < -0.39 is 6.10 Å². The summed E-state index contributed by atoms with van der Waals surface area (Å²) in [5.74, 6) is 0.719. The van der Waals surface area contributed by atoms with Crippen molar-refractivity contribution in [3.8, 4) is 11.1 Å². The lowest BCUT2D eigenvalue weighted by molar-refractivity contribution is 0.124. The lowest BCUT2D eigenvalue weighted by Gasteiger charge is -2.21. The molecule has 1 aliphatic carbocycles. The van der Waals surface area contributed by atoms with Gasteiger partial charge in [-0.1, -0.05) is 91.7 Å². The fourth-order valence-electron chi connectivity index (χ4n) is 4.59. The smallest absolute Gasteiger partial charge is 0.0916 e. The molecule has 4 rings (SSSR count). The minimum absolute atomic E-state index is 0.459. The summed E-state index contributed by atoms with van der Waals surface area (Å²) in [5.41, 5.74) is 6.45. The van der Waals surface area contributed by atoms with E-state index in [4.69, 9.17) is 0 Å². The molecule has 150 valence electrons. The highest BCUT2D eigenvalue weighted by atomic mass is 16.3. The van der Waals surface area contributed by atoms with Gasteiger partial charge in [0.05, 0.1) is 6.10 Å². The van der Waals surface area contributed by atoms with Crippen molar-refractivity contribution < 1.29 is 5.11 Å². The number of benzene rings is 3. The Morgan fingerprint density at radius 1 is 0.862 bits per heavy atom. The zero-order valence-corrected chi connectivity index (χ0v) is 17.3. The second kappa shape index (κ2) is 9.39. The Morgan fingerprint density at radius 2 is 1.52 bits per heavy atom. The van der Waals surface area contributed by atoms with Crippen LogP contribution < -0.4 is 0 Å². The number of aliphatic hydroxyl groups excluding tert-OH is 1. The number of hydrogen-bond acceptors (Lipinski definition) is 2. The average Bonchev–Trinajstić information content (AvgIpc) is 3.30. The van der Waals surface area contributed by atoms with Gasteiger partial charge in [-0.05, 0) is 53.6 Å². The van der Waals surface area contributed by atoms with E-state index in [1.165, 1.54) is 47.9 Å². The molecule has 0 heterocycles. The third-order valence-electron chi connectivity index (χ3n) is 6.14. The molecule has 1 aliphatic rings. The quantitative estimate of drug-likeness (QED) is 0.525. The normalized spacial score (nSPS) is 15.7. The summed E-state index contributed by atoms with van der Waals surface area (Å²) < 4.78 is 0. The topological polar surface area (TPSA) is 23.5 Å². The molecule has 0 bridgehead atoms. The Balaban J connectivity index is 1.42. The summed E-state index contributed by atoms with van der Waals surface area (Å²) in [4.78, 5) is 2.18. The molecular weight excluding hydrogens is 354 g/mol. The largest absolute Gasteiger partial charge is 0.387 e.